The predicted molar refractivity (Wildman–Crippen MR) is 113 cm³/mol. The van der Waals surface area contributed by atoms with Gasteiger partial charge in [0.25, 0.3) is 0 Å². The molecule has 0 aliphatic carbocycles. The molecule has 148 valence electrons. The highest BCUT2D eigenvalue weighted by atomic mass is 16.5. The molecule has 1 aliphatic heterocycles. The fraction of sp³-hybridized carbons (Fsp3) is 0.292. The van der Waals surface area contributed by atoms with E-state index in [4.69, 9.17) is 15.9 Å². The Hall–Kier alpha value is -3.23. The number of amides is 1. The van der Waals surface area contributed by atoms with Crippen LogP contribution >= 0.6 is 0 Å². The molecular weight excluding hydrogens is 364 g/mol. The third-order valence-electron chi connectivity index (χ3n) is 5.21. The van der Waals surface area contributed by atoms with E-state index >= 15 is 0 Å². The van der Waals surface area contributed by atoms with Crippen molar-refractivity contribution in [1.82, 2.24) is 9.88 Å². The van der Waals surface area contributed by atoms with Gasteiger partial charge in [-0.05, 0) is 36.2 Å². The topological polar surface area (TPSA) is 54.6 Å². The van der Waals surface area contributed by atoms with Gasteiger partial charge in [0.1, 0.15) is 18.5 Å². The summed E-state index contributed by atoms with van der Waals surface area (Å²) in [6.45, 7) is 2.08. The molecule has 0 spiro atoms. The highest BCUT2D eigenvalue weighted by molar-refractivity contribution is 5.84. The van der Waals surface area contributed by atoms with Gasteiger partial charge in [-0.2, -0.15) is 0 Å². The average Bonchev–Trinajstić information content (AvgIpc) is 3.19. The van der Waals surface area contributed by atoms with Crippen molar-refractivity contribution in [2.24, 2.45) is 0 Å². The van der Waals surface area contributed by atoms with E-state index in [-0.39, 0.29) is 12.0 Å². The fourth-order valence-corrected chi connectivity index (χ4v) is 3.65. The van der Waals surface area contributed by atoms with Crippen LogP contribution in [-0.4, -0.2) is 48.2 Å². The molecule has 1 saturated heterocycles. The number of aryl methyl sites for hydroxylation is 1. The van der Waals surface area contributed by atoms with E-state index in [1.165, 1.54) is 10.9 Å². The first-order chi connectivity index (χ1) is 14.2. The summed E-state index contributed by atoms with van der Waals surface area (Å²) in [5.74, 6) is 3.46. The molecule has 1 N–H and O–H groups in total. The Morgan fingerprint density at radius 2 is 2.17 bits per heavy atom. The number of terminal acetylenes is 1. The van der Waals surface area contributed by atoms with E-state index in [1.807, 2.05) is 53.6 Å². The molecule has 2 aromatic carbocycles. The quantitative estimate of drug-likeness (QED) is 0.659. The number of H-pyrrole nitrogens is 1. The molecular formula is C24H24N2O3. The largest absolute Gasteiger partial charge is 0.491 e. The van der Waals surface area contributed by atoms with Crippen molar-refractivity contribution >= 4 is 16.8 Å². The molecule has 1 aliphatic rings. The Labute approximate surface area is 170 Å². The molecule has 1 amide bonds. The molecule has 0 saturated carbocycles. The minimum atomic E-state index is -0.143. The van der Waals surface area contributed by atoms with Gasteiger partial charge in [0, 0.05) is 35.6 Å². The first kappa shape index (κ1) is 19.1. The molecule has 1 unspecified atom stereocenters. The lowest BCUT2D eigenvalue weighted by Crippen LogP contribution is -2.47. The van der Waals surface area contributed by atoms with Crippen molar-refractivity contribution in [1.29, 1.82) is 0 Å². The predicted octanol–water partition coefficient (Wildman–Crippen LogP) is 3.39. The molecule has 0 radical (unpaired) electrons. The molecule has 1 fully saturated rings. The zero-order chi connectivity index (χ0) is 20.1. The standard InChI is InChI=1S/C24H24N2O3/c1-2-18-6-5-7-20(14-18)29-17-21-16-26(12-13-28-21)24(27)11-10-19-15-25-23-9-4-3-8-22(19)23/h1,3-9,14-15,21,25H,10-13,16-17H2. The van der Waals surface area contributed by atoms with E-state index in [0.29, 0.717) is 38.5 Å². The summed E-state index contributed by atoms with van der Waals surface area (Å²) in [5.41, 5.74) is 3.06. The number of aromatic amines is 1. The van der Waals surface area contributed by atoms with Crippen LogP contribution in [0.15, 0.2) is 54.7 Å². The maximum Gasteiger partial charge on any atom is 0.223 e. The number of nitrogens with one attached hydrogen (secondary N) is 1. The van der Waals surface area contributed by atoms with Crippen LogP contribution in [0.3, 0.4) is 0 Å². The number of benzene rings is 2. The van der Waals surface area contributed by atoms with Gasteiger partial charge in [0.05, 0.1) is 13.2 Å². The van der Waals surface area contributed by atoms with Gasteiger partial charge in [0.2, 0.25) is 5.91 Å². The number of fused-ring (bicyclic) bond motifs is 1. The second-order valence-corrected chi connectivity index (χ2v) is 7.18. The van der Waals surface area contributed by atoms with Crippen LogP contribution < -0.4 is 4.74 Å². The second kappa shape index (κ2) is 8.85. The monoisotopic (exact) mass is 388 g/mol. The van der Waals surface area contributed by atoms with Gasteiger partial charge in [-0.1, -0.05) is 30.2 Å². The van der Waals surface area contributed by atoms with E-state index in [1.54, 1.807) is 0 Å². The zero-order valence-electron chi connectivity index (χ0n) is 16.3. The van der Waals surface area contributed by atoms with Crippen LogP contribution in [0.1, 0.15) is 17.5 Å². The van der Waals surface area contributed by atoms with Gasteiger partial charge in [0.15, 0.2) is 0 Å². The zero-order valence-corrected chi connectivity index (χ0v) is 16.3. The van der Waals surface area contributed by atoms with Crippen LogP contribution in [0.25, 0.3) is 10.9 Å². The molecule has 5 nitrogen and oxygen atoms in total. The Morgan fingerprint density at radius 3 is 3.07 bits per heavy atom. The number of para-hydroxylation sites is 1. The van der Waals surface area contributed by atoms with E-state index in [2.05, 4.69) is 17.0 Å². The average molecular weight is 388 g/mol. The van der Waals surface area contributed by atoms with E-state index < -0.39 is 0 Å². The SMILES string of the molecule is C#Cc1cccc(OCC2CN(C(=O)CCc3c[nH]c4ccccc34)CCO2)c1. The lowest BCUT2D eigenvalue weighted by Gasteiger charge is -2.33. The van der Waals surface area contributed by atoms with Crippen LogP contribution in [0.4, 0.5) is 0 Å². The lowest BCUT2D eigenvalue weighted by molar-refractivity contribution is -0.139. The number of ether oxygens (including phenoxy) is 2. The molecule has 0 bridgehead atoms. The maximum atomic E-state index is 12.7. The summed E-state index contributed by atoms with van der Waals surface area (Å²) in [4.78, 5) is 17.9. The van der Waals surface area contributed by atoms with Gasteiger partial charge < -0.3 is 19.4 Å². The summed E-state index contributed by atoms with van der Waals surface area (Å²) < 4.78 is 11.6. The fourth-order valence-electron chi connectivity index (χ4n) is 3.65. The minimum absolute atomic E-state index is 0.143. The molecule has 3 aromatic rings. The number of hydrogen-bond donors (Lipinski definition) is 1. The number of carbonyl (C=O) groups is 1. The van der Waals surface area contributed by atoms with Crippen LogP contribution in [-0.2, 0) is 16.0 Å². The Kier molecular flexibility index (Phi) is 5.83. The Morgan fingerprint density at radius 1 is 1.28 bits per heavy atom. The summed E-state index contributed by atoms with van der Waals surface area (Å²) >= 11 is 0. The summed E-state index contributed by atoms with van der Waals surface area (Å²) in [6, 6.07) is 15.6. The molecule has 2 heterocycles. The Balaban J connectivity index is 1.29. The van der Waals surface area contributed by atoms with Crippen LogP contribution in [0.2, 0.25) is 0 Å². The molecule has 5 heteroatoms. The van der Waals surface area contributed by atoms with Gasteiger partial charge >= 0.3 is 0 Å². The molecule has 4 rings (SSSR count). The van der Waals surface area contributed by atoms with Crippen LogP contribution in [0.5, 0.6) is 5.75 Å². The first-order valence-electron chi connectivity index (χ1n) is 9.87. The normalized spacial score (nSPS) is 16.5. The van der Waals surface area contributed by atoms with Gasteiger partial charge in [-0.3, -0.25) is 4.79 Å². The Bertz CT molecular complexity index is 1030. The van der Waals surface area contributed by atoms with Gasteiger partial charge in [-0.25, -0.2) is 0 Å². The van der Waals surface area contributed by atoms with Crippen molar-refractivity contribution in [2.75, 3.05) is 26.3 Å². The highest BCUT2D eigenvalue weighted by Gasteiger charge is 2.24. The smallest absolute Gasteiger partial charge is 0.223 e. The van der Waals surface area contributed by atoms with Crippen molar-refractivity contribution in [2.45, 2.75) is 18.9 Å². The van der Waals surface area contributed by atoms with Gasteiger partial charge in [-0.15, -0.1) is 6.42 Å². The number of morpholine rings is 1. The van der Waals surface area contributed by atoms with Crippen molar-refractivity contribution in [3.63, 3.8) is 0 Å². The summed E-state index contributed by atoms with van der Waals surface area (Å²) in [7, 11) is 0. The summed E-state index contributed by atoms with van der Waals surface area (Å²) in [6.07, 6.45) is 8.49. The number of rotatable bonds is 6. The number of nitrogens with zero attached hydrogens (tertiary/aromatic N) is 1. The minimum Gasteiger partial charge on any atom is -0.491 e. The number of carbonyl (C=O) groups excluding carboxylic acids is 1. The molecule has 1 atom stereocenters. The third kappa shape index (κ3) is 4.61. The molecule has 1 aromatic heterocycles. The number of aromatic nitrogens is 1. The molecule has 29 heavy (non-hydrogen) atoms. The van der Waals surface area contributed by atoms with E-state index in [9.17, 15) is 4.79 Å². The number of hydrogen-bond acceptors (Lipinski definition) is 3. The lowest BCUT2D eigenvalue weighted by atomic mass is 10.1. The summed E-state index contributed by atoms with van der Waals surface area (Å²) in [5, 5.41) is 1.18. The van der Waals surface area contributed by atoms with Crippen LogP contribution in [0, 0.1) is 12.3 Å². The second-order valence-electron chi connectivity index (χ2n) is 7.18. The third-order valence-corrected chi connectivity index (χ3v) is 5.21. The highest BCUT2D eigenvalue weighted by Crippen LogP contribution is 2.20. The van der Waals surface area contributed by atoms with Crippen molar-refractivity contribution < 1.29 is 14.3 Å². The van der Waals surface area contributed by atoms with Crippen molar-refractivity contribution in [3.8, 4) is 18.1 Å². The van der Waals surface area contributed by atoms with Crippen molar-refractivity contribution in [3.05, 3.63) is 65.9 Å². The maximum absolute atomic E-state index is 12.7. The van der Waals surface area contributed by atoms with E-state index in [0.717, 1.165) is 17.5 Å². The first-order valence-corrected chi connectivity index (χ1v) is 9.87.